The fourth-order valence-electron chi connectivity index (χ4n) is 2.39. The summed E-state index contributed by atoms with van der Waals surface area (Å²) in [4.78, 5) is 6.05. The van der Waals surface area contributed by atoms with Crippen LogP contribution in [0.2, 0.25) is 0 Å². The molecule has 0 bridgehead atoms. The van der Waals surface area contributed by atoms with Crippen LogP contribution in [-0.2, 0) is 0 Å². The first-order chi connectivity index (χ1) is 9.69. The molecule has 0 aliphatic rings. The van der Waals surface area contributed by atoms with Crippen LogP contribution in [0.15, 0.2) is 42.5 Å². The van der Waals surface area contributed by atoms with Gasteiger partial charge in [-0.05, 0) is 37.7 Å². The summed E-state index contributed by atoms with van der Waals surface area (Å²) in [6, 6.07) is 15.3. The van der Waals surface area contributed by atoms with Crippen LogP contribution in [0.1, 0.15) is 23.5 Å². The lowest BCUT2D eigenvalue weighted by atomic mass is 10.1. The zero-order valence-electron chi connectivity index (χ0n) is 12.0. The van der Waals surface area contributed by atoms with E-state index in [-0.39, 0.29) is 0 Å². The van der Waals surface area contributed by atoms with E-state index in [0.29, 0.717) is 6.04 Å². The molecule has 0 aliphatic carbocycles. The van der Waals surface area contributed by atoms with Crippen LogP contribution in [0.5, 0.6) is 0 Å². The third-order valence-electron chi connectivity index (χ3n) is 3.66. The fraction of sp³-hybridized carbons (Fsp3) is 0.235. The van der Waals surface area contributed by atoms with Crippen LogP contribution in [0.3, 0.4) is 0 Å². The van der Waals surface area contributed by atoms with E-state index < -0.39 is 0 Å². The Balaban J connectivity index is 2.06. The molecular formula is C17H18N2S. The summed E-state index contributed by atoms with van der Waals surface area (Å²) in [6.07, 6.45) is 0. The molecule has 2 aromatic carbocycles. The first kappa shape index (κ1) is 13.3. The minimum absolute atomic E-state index is 0.349. The van der Waals surface area contributed by atoms with Crippen LogP contribution in [0.4, 0.5) is 0 Å². The number of hydrogen-bond donors (Lipinski definition) is 1. The van der Waals surface area contributed by atoms with Crippen molar-refractivity contribution in [2.24, 2.45) is 0 Å². The Morgan fingerprint density at radius 2 is 1.85 bits per heavy atom. The highest BCUT2D eigenvalue weighted by Crippen LogP contribution is 2.32. The van der Waals surface area contributed by atoms with E-state index in [1.165, 1.54) is 21.2 Å². The lowest BCUT2D eigenvalue weighted by Gasteiger charge is -2.07. The molecule has 2 nitrogen and oxygen atoms in total. The summed E-state index contributed by atoms with van der Waals surface area (Å²) in [7, 11) is 1.99. The van der Waals surface area contributed by atoms with Gasteiger partial charge < -0.3 is 5.32 Å². The molecule has 1 N–H and O–H groups in total. The van der Waals surface area contributed by atoms with Crippen molar-refractivity contribution in [1.29, 1.82) is 0 Å². The molecular weight excluding hydrogens is 264 g/mol. The van der Waals surface area contributed by atoms with Crippen molar-refractivity contribution in [1.82, 2.24) is 10.3 Å². The topological polar surface area (TPSA) is 24.9 Å². The standard InChI is InChI=1S/C17H18N2S/c1-11(18-3)16-12(2)19-17(20-16)15-9-8-13-6-4-5-7-14(13)10-15/h4-11,18H,1-3H3. The van der Waals surface area contributed by atoms with Gasteiger partial charge in [-0.1, -0.05) is 36.4 Å². The highest BCUT2D eigenvalue weighted by Gasteiger charge is 2.14. The Bertz CT molecular complexity index is 746. The first-order valence-corrected chi connectivity index (χ1v) is 7.64. The third kappa shape index (κ3) is 2.35. The van der Waals surface area contributed by atoms with Gasteiger partial charge in [0.05, 0.1) is 5.69 Å². The second kappa shape index (κ2) is 5.35. The molecule has 1 atom stereocenters. The summed E-state index contributed by atoms with van der Waals surface area (Å²) < 4.78 is 0. The Morgan fingerprint density at radius 1 is 1.10 bits per heavy atom. The van der Waals surface area contributed by atoms with Crippen molar-refractivity contribution >= 4 is 22.1 Å². The summed E-state index contributed by atoms with van der Waals surface area (Å²) >= 11 is 1.78. The second-order valence-electron chi connectivity index (χ2n) is 5.04. The maximum absolute atomic E-state index is 4.74. The maximum atomic E-state index is 4.74. The molecule has 3 rings (SSSR count). The monoisotopic (exact) mass is 282 g/mol. The van der Waals surface area contributed by atoms with E-state index in [0.717, 1.165) is 10.7 Å². The van der Waals surface area contributed by atoms with E-state index in [1.807, 2.05) is 7.05 Å². The Morgan fingerprint density at radius 3 is 2.60 bits per heavy atom. The molecule has 1 unspecified atom stereocenters. The molecule has 20 heavy (non-hydrogen) atoms. The lowest BCUT2D eigenvalue weighted by molar-refractivity contribution is 0.658. The molecule has 1 heterocycles. The van der Waals surface area contributed by atoms with Gasteiger partial charge in [-0.2, -0.15) is 0 Å². The molecule has 0 radical (unpaired) electrons. The van der Waals surface area contributed by atoms with E-state index in [9.17, 15) is 0 Å². The third-order valence-corrected chi connectivity index (χ3v) is 5.04. The number of benzene rings is 2. The summed E-state index contributed by atoms with van der Waals surface area (Å²) in [5.74, 6) is 0. The number of thiazole rings is 1. The number of nitrogens with zero attached hydrogens (tertiary/aromatic N) is 1. The minimum atomic E-state index is 0.349. The molecule has 102 valence electrons. The zero-order chi connectivity index (χ0) is 14.1. The van der Waals surface area contributed by atoms with Gasteiger partial charge in [0.25, 0.3) is 0 Å². The summed E-state index contributed by atoms with van der Waals surface area (Å²) in [5, 5.41) is 6.93. The smallest absolute Gasteiger partial charge is 0.123 e. The van der Waals surface area contributed by atoms with Gasteiger partial charge >= 0.3 is 0 Å². The zero-order valence-corrected chi connectivity index (χ0v) is 12.8. The van der Waals surface area contributed by atoms with Crippen LogP contribution in [-0.4, -0.2) is 12.0 Å². The molecule has 3 heteroatoms. The van der Waals surface area contributed by atoms with Gasteiger partial charge in [0, 0.05) is 16.5 Å². The van der Waals surface area contributed by atoms with Crippen LogP contribution in [0, 0.1) is 6.92 Å². The molecule has 1 aromatic heterocycles. The Hall–Kier alpha value is -1.71. The molecule has 0 amide bonds. The van der Waals surface area contributed by atoms with Gasteiger partial charge in [0.2, 0.25) is 0 Å². The molecule has 0 saturated carbocycles. The van der Waals surface area contributed by atoms with Crippen LogP contribution in [0.25, 0.3) is 21.3 Å². The number of rotatable bonds is 3. The SMILES string of the molecule is CNC(C)c1sc(-c2ccc3ccccc3c2)nc1C. The minimum Gasteiger partial charge on any atom is -0.312 e. The van der Waals surface area contributed by atoms with Gasteiger partial charge in [-0.3, -0.25) is 0 Å². The molecule has 0 saturated heterocycles. The number of nitrogens with one attached hydrogen (secondary N) is 1. The van der Waals surface area contributed by atoms with Crippen molar-refractivity contribution in [2.75, 3.05) is 7.05 Å². The summed E-state index contributed by atoms with van der Waals surface area (Å²) in [5.41, 5.74) is 2.33. The maximum Gasteiger partial charge on any atom is 0.123 e. The van der Waals surface area contributed by atoms with Crippen LogP contribution < -0.4 is 5.32 Å². The van der Waals surface area contributed by atoms with Crippen LogP contribution >= 0.6 is 11.3 Å². The second-order valence-corrected chi connectivity index (χ2v) is 6.07. The molecule has 0 aliphatic heterocycles. The van der Waals surface area contributed by atoms with Gasteiger partial charge in [-0.25, -0.2) is 4.98 Å². The van der Waals surface area contributed by atoms with Crippen molar-refractivity contribution in [3.63, 3.8) is 0 Å². The van der Waals surface area contributed by atoms with Gasteiger partial charge in [0.1, 0.15) is 5.01 Å². The molecule has 0 spiro atoms. The molecule has 3 aromatic rings. The Kier molecular flexibility index (Phi) is 3.55. The first-order valence-electron chi connectivity index (χ1n) is 6.83. The van der Waals surface area contributed by atoms with Crippen molar-refractivity contribution in [2.45, 2.75) is 19.9 Å². The average Bonchev–Trinajstić information content (AvgIpc) is 2.88. The predicted molar refractivity (Wildman–Crippen MR) is 87.3 cm³/mol. The van der Waals surface area contributed by atoms with E-state index in [1.54, 1.807) is 11.3 Å². The number of hydrogen-bond acceptors (Lipinski definition) is 3. The van der Waals surface area contributed by atoms with Gasteiger partial charge in [0.15, 0.2) is 0 Å². The largest absolute Gasteiger partial charge is 0.312 e. The van der Waals surface area contributed by atoms with Crippen molar-refractivity contribution in [3.05, 3.63) is 53.0 Å². The normalized spacial score (nSPS) is 12.8. The fourth-order valence-corrected chi connectivity index (χ4v) is 3.51. The molecule has 0 fully saturated rings. The highest BCUT2D eigenvalue weighted by atomic mass is 32.1. The average molecular weight is 282 g/mol. The number of aromatic nitrogens is 1. The van der Waals surface area contributed by atoms with Gasteiger partial charge in [-0.15, -0.1) is 11.3 Å². The quantitative estimate of drug-likeness (QED) is 0.762. The van der Waals surface area contributed by atoms with Crippen molar-refractivity contribution in [3.8, 4) is 10.6 Å². The number of aryl methyl sites for hydroxylation is 1. The summed E-state index contributed by atoms with van der Waals surface area (Å²) in [6.45, 7) is 4.26. The number of fused-ring (bicyclic) bond motifs is 1. The highest BCUT2D eigenvalue weighted by molar-refractivity contribution is 7.15. The predicted octanol–water partition coefficient (Wildman–Crippen LogP) is 4.55. The Labute approximate surface area is 123 Å². The van der Waals surface area contributed by atoms with E-state index >= 15 is 0 Å². The van der Waals surface area contributed by atoms with E-state index in [4.69, 9.17) is 4.98 Å². The van der Waals surface area contributed by atoms with E-state index in [2.05, 4.69) is 61.6 Å². The lowest BCUT2D eigenvalue weighted by Crippen LogP contribution is -2.11. The van der Waals surface area contributed by atoms with Crippen molar-refractivity contribution < 1.29 is 0 Å².